The van der Waals surface area contributed by atoms with E-state index in [-0.39, 0.29) is 30.3 Å². The number of aliphatic hydroxyl groups is 1. The maximum absolute atomic E-state index is 12.5. The normalized spacial score (nSPS) is 12.6. The molecule has 1 heterocycles. The number of carbonyl (C=O) groups is 1. The number of aliphatic hydroxyl groups excluding tert-OH is 1. The van der Waals surface area contributed by atoms with Crippen LogP contribution in [0.5, 0.6) is 0 Å². The van der Waals surface area contributed by atoms with Crippen molar-refractivity contribution in [3.63, 3.8) is 0 Å². The first-order valence-electron chi connectivity index (χ1n) is 8.76. The molecule has 0 aliphatic carbocycles. The highest BCUT2D eigenvalue weighted by atomic mass is 16.3. The number of benzene rings is 1. The van der Waals surface area contributed by atoms with Gasteiger partial charge in [-0.2, -0.15) is 0 Å². The summed E-state index contributed by atoms with van der Waals surface area (Å²) in [6, 6.07) is 3.09. The largest absolute Gasteiger partial charge is 0.394 e. The number of hydrogen-bond donors (Lipinski definition) is 3. The van der Waals surface area contributed by atoms with E-state index in [2.05, 4.69) is 10.6 Å². The van der Waals surface area contributed by atoms with Gasteiger partial charge in [-0.05, 0) is 44.4 Å². The Morgan fingerprint density at radius 2 is 1.72 bits per heavy atom. The minimum absolute atomic E-state index is 0.0406. The number of imidazole rings is 1. The third-order valence-electron chi connectivity index (χ3n) is 4.56. The lowest BCUT2D eigenvalue weighted by molar-refractivity contribution is 0.204. The van der Waals surface area contributed by atoms with Crippen molar-refractivity contribution in [2.45, 2.75) is 53.8 Å². The van der Waals surface area contributed by atoms with E-state index in [4.69, 9.17) is 0 Å². The van der Waals surface area contributed by atoms with Crippen molar-refractivity contribution in [2.75, 3.05) is 11.9 Å². The Morgan fingerprint density at radius 3 is 2.20 bits per heavy atom. The number of rotatable bonds is 6. The number of amides is 2. The maximum Gasteiger partial charge on any atom is 0.329 e. The zero-order valence-electron chi connectivity index (χ0n) is 15.6. The van der Waals surface area contributed by atoms with Gasteiger partial charge in [-0.25, -0.2) is 9.59 Å². The van der Waals surface area contributed by atoms with Crippen LogP contribution in [-0.2, 0) is 13.1 Å². The second-order valence-corrected chi connectivity index (χ2v) is 6.56. The Kier molecular flexibility index (Phi) is 5.89. The van der Waals surface area contributed by atoms with E-state index in [1.165, 1.54) is 0 Å². The summed E-state index contributed by atoms with van der Waals surface area (Å²) in [5.41, 5.74) is 3.16. The Balaban J connectivity index is 2.38. The van der Waals surface area contributed by atoms with Gasteiger partial charge >= 0.3 is 11.7 Å². The average molecular weight is 348 g/mol. The topological polar surface area (TPSA) is 88.3 Å². The molecule has 0 aliphatic heterocycles. The highest BCUT2D eigenvalue weighted by Crippen LogP contribution is 2.23. The SMILES string of the molecule is CCn1c(=O)n(CC)c2cc(NC(=O)N[C@@H](CO)C(C)C)c(C)cc21. The lowest BCUT2D eigenvalue weighted by atomic mass is 10.1. The molecule has 2 amide bonds. The average Bonchev–Trinajstić information content (AvgIpc) is 2.82. The third kappa shape index (κ3) is 3.71. The minimum Gasteiger partial charge on any atom is -0.394 e. The maximum atomic E-state index is 12.5. The number of aromatic nitrogens is 2. The van der Waals surface area contributed by atoms with Crippen molar-refractivity contribution in [1.29, 1.82) is 0 Å². The zero-order valence-corrected chi connectivity index (χ0v) is 15.6. The van der Waals surface area contributed by atoms with Crippen LogP contribution in [0.4, 0.5) is 10.5 Å². The lowest BCUT2D eigenvalue weighted by Gasteiger charge is -2.20. The fraction of sp³-hybridized carbons (Fsp3) is 0.556. The van der Waals surface area contributed by atoms with Gasteiger partial charge in [-0.15, -0.1) is 0 Å². The summed E-state index contributed by atoms with van der Waals surface area (Å²) in [5.74, 6) is 0.128. The molecule has 0 bridgehead atoms. The molecule has 2 aromatic rings. The van der Waals surface area contributed by atoms with Crippen LogP contribution in [0.25, 0.3) is 11.0 Å². The Hall–Kier alpha value is -2.28. The van der Waals surface area contributed by atoms with Crippen molar-refractivity contribution >= 4 is 22.8 Å². The fourth-order valence-electron chi connectivity index (χ4n) is 2.96. The van der Waals surface area contributed by atoms with E-state index in [0.29, 0.717) is 18.8 Å². The number of hydrogen-bond acceptors (Lipinski definition) is 3. The molecular weight excluding hydrogens is 320 g/mol. The molecule has 25 heavy (non-hydrogen) atoms. The summed E-state index contributed by atoms with van der Waals surface area (Å²) in [6.45, 7) is 10.7. The molecule has 0 unspecified atom stereocenters. The minimum atomic E-state index is -0.365. The van der Waals surface area contributed by atoms with E-state index in [1.54, 1.807) is 9.13 Å². The van der Waals surface area contributed by atoms with E-state index in [1.807, 2.05) is 46.8 Å². The molecule has 138 valence electrons. The van der Waals surface area contributed by atoms with Gasteiger partial charge in [0.15, 0.2) is 0 Å². The summed E-state index contributed by atoms with van der Waals surface area (Å²) in [6.07, 6.45) is 0. The zero-order chi connectivity index (χ0) is 18.7. The van der Waals surface area contributed by atoms with Gasteiger partial charge in [-0.1, -0.05) is 13.8 Å². The van der Waals surface area contributed by atoms with Gasteiger partial charge in [0.05, 0.1) is 23.7 Å². The summed E-state index contributed by atoms with van der Waals surface area (Å²) < 4.78 is 3.43. The van der Waals surface area contributed by atoms with Crippen LogP contribution in [0, 0.1) is 12.8 Å². The molecular formula is C18H28N4O3. The standard InChI is InChI=1S/C18H28N4O3/c1-6-21-15-8-12(5)13(9-16(15)22(7-2)18(21)25)19-17(24)20-14(10-23)11(3)4/h8-9,11,14,23H,6-7,10H2,1-5H3,(H2,19,20,24)/t14-/m0/s1. The van der Waals surface area contributed by atoms with Gasteiger partial charge < -0.3 is 15.7 Å². The van der Waals surface area contributed by atoms with Crippen molar-refractivity contribution in [3.8, 4) is 0 Å². The van der Waals surface area contributed by atoms with Crippen molar-refractivity contribution in [2.24, 2.45) is 5.92 Å². The van der Waals surface area contributed by atoms with E-state index < -0.39 is 0 Å². The molecule has 2 rings (SSSR count). The molecule has 3 N–H and O–H groups in total. The third-order valence-corrected chi connectivity index (χ3v) is 4.56. The number of carbonyl (C=O) groups excluding carboxylic acids is 1. The second kappa shape index (κ2) is 7.74. The fourth-order valence-corrected chi connectivity index (χ4v) is 2.96. The molecule has 0 saturated carbocycles. The molecule has 1 atom stereocenters. The highest BCUT2D eigenvalue weighted by Gasteiger charge is 2.17. The summed E-state index contributed by atoms with van der Waals surface area (Å²) in [4.78, 5) is 24.7. The van der Waals surface area contributed by atoms with Crippen molar-refractivity contribution in [1.82, 2.24) is 14.5 Å². The number of nitrogens with one attached hydrogen (secondary N) is 2. The first-order valence-corrected chi connectivity index (χ1v) is 8.76. The first-order chi connectivity index (χ1) is 11.8. The molecule has 0 saturated heterocycles. The van der Waals surface area contributed by atoms with Crippen LogP contribution >= 0.6 is 0 Å². The van der Waals surface area contributed by atoms with Crippen molar-refractivity contribution < 1.29 is 9.90 Å². The van der Waals surface area contributed by atoms with E-state index >= 15 is 0 Å². The Labute approximate surface area is 147 Å². The Morgan fingerprint density at radius 1 is 1.16 bits per heavy atom. The molecule has 0 spiro atoms. The number of nitrogens with zero attached hydrogens (tertiary/aromatic N) is 2. The van der Waals surface area contributed by atoms with Crippen LogP contribution < -0.4 is 16.3 Å². The van der Waals surface area contributed by atoms with Crippen LogP contribution in [-0.4, -0.2) is 32.9 Å². The van der Waals surface area contributed by atoms with Gasteiger partial charge in [0.25, 0.3) is 0 Å². The van der Waals surface area contributed by atoms with Gasteiger partial charge in [0.1, 0.15) is 0 Å². The molecule has 1 aromatic heterocycles. The molecule has 1 aromatic carbocycles. The summed E-state index contributed by atoms with van der Waals surface area (Å²) in [5, 5.41) is 15.0. The molecule has 7 nitrogen and oxygen atoms in total. The number of fused-ring (bicyclic) bond motifs is 1. The predicted octanol–water partition coefficient (Wildman–Crippen LogP) is 2.29. The van der Waals surface area contributed by atoms with Gasteiger partial charge in [0.2, 0.25) is 0 Å². The molecule has 7 heteroatoms. The summed E-state index contributed by atoms with van der Waals surface area (Å²) in [7, 11) is 0. The highest BCUT2D eigenvalue weighted by molar-refractivity contribution is 5.93. The van der Waals surface area contributed by atoms with E-state index in [0.717, 1.165) is 16.6 Å². The number of anilines is 1. The number of aryl methyl sites for hydroxylation is 3. The van der Waals surface area contributed by atoms with Crippen LogP contribution in [0.3, 0.4) is 0 Å². The van der Waals surface area contributed by atoms with Crippen LogP contribution in [0.1, 0.15) is 33.3 Å². The Bertz CT molecular complexity index is 820. The quantitative estimate of drug-likeness (QED) is 0.748. The second-order valence-electron chi connectivity index (χ2n) is 6.56. The van der Waals surface area contributed by atoms with Gasteiger partial charge in [-0.3, -0.25) is 9.13 Å². The molecule has 0 fully saturated rings. The monoisotopic (exact) mass is 348 g/mol. The smallest absolute Gasteiger partial charge is 0.329 e. The number of urea groups is 1. The predicted molar refractivity (Wildman–Crippen MR) is 100 cm³/mol. The first kappa shape index (κ1) is 19.1. The summed E-state index contributed by atoms with van der Waals surface area (Å²) >= 11 is 0. The lowest BCUT2D eigenvalue weighted by Crippen LogP contribution is -2.43. The molecule has 0 radical (unpaired) electrons. The van der Waals surface area contributed by atoms with Crippen molar-refractivity contribution in [3.05, 3.63) is 28.2 Å². The van der Waals surface area contributed by atoms with Crippen LogP contribution in [0.15, 0.2) is 16.9 Å². The van der Waals surface area contributed by atoms with E-state index in [9.17, 15) is 14.7 Å². The van der Waals surface area contributed by atoms with Gasteiger partial charge in [0, 0.05) is 18.8 Å². The molecule has 0 aliphatic rings. The van der Waals surface area contributed by atoms with Crippen LogP contribution in [0.2, 0.25) is 0 Å².